The van der Waals surface area contributed by atoms with Crippen molar-refractivity contribution in [3.05, 3.63) is 35.9 Å². The van der Waals surface area contributed by atoms with Crippen molar-refractivity contribution in [1.29, 1.82) is 5.41 Å². The molecule has 0 fully saturated rings. The average Bonchev–Trinajstić information content (AvgIpc) is 2.07. The van der Waals surface area contributed by atoms with Gasteiger partial charge in [0.2, 0.25) is 0 Å². The second-order valence-electron chi connectivity index (χ2n) is 1.89. The number of nitrogens with two attached hydrogens (primary N) is 1. The fraction of sp³-hybridized carbons (Fsp3) is 0. The molecule has 0 spiro atoms. The molecule has 0 amide bonds. The van der Waals surface area contributed by atoms with Crippen LogP contribution in [0.3, 0.4) is 0 Å². The van der Waals surface area contributed by atoms with Gasteiger partial charge in [0, 0.05) is 5.56 Å². The molecule has 0 saturated carbocycles. The lowest BCUT2D eigenvalue weighted by molar-refractivity contribution is 0.524. The standard InChI is InChI=1S/C7H8N2.H3O2P/c8-7(9)6-4-2-1-3-5-6;1-3-2/h1-5H,(H3,8,9);3H2,(H,1,2). The monoisotopic (exact) mass is 186 g/mol. The van der Waals surface area contributed by atoms with Crippen LogP contribution in [0.2, 0.25) is 0 Å². The van der Waals surface area contributed by atoms with Crippen LogP contribution in [0.15, 0.2) is 30.3 Å². The second-order valence-corrected chi connectivity index (χ2v) is 2.10. The first-order chi connectivity index (χ1) is 5.72. The van der Waals surface area contributed by atoms with E-state index >= 15 is 0 Å². The van der Waals surface area contributed by atoms with Crippen LogP contribution < -0.4 is 5.73 Å². The number of benzene rings is 1. The van der Waals surface area contributed by atoms with Crippen molar-refractivity contribution in [2.24, 2.45) is 5.73 Å². The maximum atomic E-state index is 8.57. The van der Waals surface area contributed by atoms with Gasteiger partial charge in [0.1, 0.15) is 5.84 Å². The minimum absolute atomic E-state index is 0.121. The van der Waals surface area contributed by atoms with E-state index in [1.165, 1.54) is 0 Å². The van der Waals surface area contributed by atoms with Gasteiger partial charge in [-0.25, -0.2) is 0 Å². The van der Waals surface area contributed by atoms with Crippen LogP contribution in [0.5, 0.6) is 0 Å². The zero-order chi connectivity index (χ0) is 9.40. The van der Waals surface area contributed by atoms with Gasteiger partial charge in [-0.05, 0) is 0 Å². The molecule has 1 rings (SSSR count). The number of rotatable bonds is 1. The highest BCUT2D eigenvalue weighted by Crippen LogP contribution is 1.94. The molecule has 1 atom stereocenters. The minimum Gasteiger partial charge on any atom is -0.384 e. The molecule has 0 radical (unpaired) electrons. The van der Waals surface area contributed by atoms with Crippen molar-refractivity contribution in [2.75, 3.05) is 0 Å². The van der Waals surface area contributed by atoms with Crippen LogP contribution in [0, 0.1) is 5.41 Å². The van der Waals surface area contributed by atoms with E-state index in [-0.39, 0.29) is 5.84 Å². The lowest BCUT2D eigenvalue weighted by Gasteiger charge is -1.93. The molecule has 1 unspecified atom stereocenters. The Morgan fingerprint density at radius 2 is 1.83 bits per heavy atom. The molecular weight excluding hydrogens is 175 g/mol. The van der Waals surface area contributed by atoms with E-state index in [0.29, 0.717) is 0 Å². The highest BCUT2D eigenvalue weighted by Gasteiger charge is 1.89. The number of nitrogen functional groups attached to an aromatic ring is 1. The quantitative estimate of drug-likeness (QED) is 0.341. The topological polar surface area (TPSA) is 87.2 Å². The van der Waals surface area contributed by atoms with Gasteiger partial charge < -0.3 is 10.6 Å². The Balaban J connectivity index is 0.000000354. The molecule has 0 aliphatic rings. The summed E-state index contributed by atoms with van der Waals surface area (Å²) in [4.78, 5) is 7.10. The van der Waals surface area contributed by atoms with Crippen molar-refractivity contribution >= 4 is 14.5 Å². The molecule has 1 aromatic rings. The summed E-state index contributed by atoms with van der Waals surface area (Å²) in [6, 6.07) is 9.23. The van der Waals surface area contributed by atoms with E-state index < -0.39 is 8.69 Å². The Kier molecular flexibility index (Phi) is 5.97. The Morgan fingerprint density at radius 3 is 2.08 bits per heavy atom. The molecule has 1 aromatic carbocycles. The van der Waals surface area contributed by atoms with E-state index in [9.17, 15) is 0 Å². The third-order valence-electron chi connectivity index (χ3n) is 1.08. The Hall–Kier alpha value is -1.12. The van der Waals surface area contributed by atoms with Crippen LogP contribution in [0.4, 0.5) is 0 Å². The normalized spacial score (nSPS) is 9.08. The van der Waals surface area contributed by atoms with Crippen LogP contribution in [0.1, 0.15) is 5.56 Å². The van der Waals surface area contributed by atoms with Crippen LogP contribution in [-0.2, 0) is 4.57 Å². The predicted molar refractivity (Wildman–Crippen MR) is 50.1 cm³/mol. The van der Waals surface area contributed by atoms with E-state index in [2.05, 4.69) is 0 Å². The summed E-state index contributed by atoms with van der Waals surface area (Å²) < 4.78 is 8.57. The van der Waals surface area contributed by atoms with Crippen LogP contribution in [-0.4, -0.2) is 10.7 Å². The van der Waals surface area contributed by atoms with Crippen molar-refractivity contribution in [2.45, 2.75) is 0 Å². The minimum atomic E-state index is -1.50. The van der Waals surface area contributed by atoms with E-state index in [1.807, 2.05) is 30.3 Å². The van der Waals surface area contributed by atoms with Crippen molar-refractivity contribution < 1.29 is 9.46 Å². The lowest BCUT2D eigenvalue weighted by atomic mass is 10.2. The van der Waals surface area contributed by atoms with Crippen molar-refractivity contribution in [3.8, 4) is 0 Å². The van der Waals surface area contributed by atoms with E-state index in [0.717, 1.165) is 5.56 Å². The SMILES string of the molecule is N=C(N)c1ccccc1.O=[PH2]O. The third-order valence-corrected chi connectivity index (χ3v) is 1.08. The predicted octanol–water partition coefficient (Wildman–Crippen LogP) is 0.621. The number of hydrogen-bond acceptors (Lipinski definition) is 2. The maximum absolute atomic E-state index is 8.57. The fourth-order valence-corrected chi connectivity index (χ4v) is 0.618. The van der Waals surface area contributed by atoms with Crippen LogP contribution >= 0.6 is 8.69 Å². The second kappa shape index (κ2) is 6.58. The number of nitrogens with one attached hydrogen (secondary N) is 1. The summed E-state index contributed by atoms with van der Waals surface area (Å²) >= 11 is 0. The lowest BCUT2D eigenvalue weighted by Crippen LogP contribution is -2.10. The molecule has 0 aromatic heterocycles. The molecule has 4 nitrogen and oxygen atoms in total. The van der Waals surface area contributed by atoms with Gasteiger partial charge in [0.15, 0.2) is 8.69 Å². The van der Waals surface area contributed by atoms with Crippen molar-refractivity contribution in [3.63, 3.8) is 0 Å². The van der Waals surface area contributed by atoms with E-state index in [1.54, 1.807) is 0 Å². The summed E-state index contributed by atoms with van der Waals surface area (Å²) in [6.45, 7) is 0. The first-order valence-electron chi connectivity index (χ1n) is 3.19. The van der Waals surface area contributed by atoms with Gasteiger partial charge in [0.05, 0.1) is 0 Å². The zero-order valence-corrected chi connectivity index (χ0v) is 7.55. The first kappa shape index (κ1) is 10.9. The fourth-order valence-electron chi connectivity index (χ4n) is 0.618. The Morgan fingerprint density at radius 1 is 1.42 bits per heavy atom. The summed E-state index contributed by atoms with van der Waals surface area (Å²) in [6.07, 6.45) is 0. The summed E-state index contributed by atoms with van der Waals surface area (Å²) in [5.74, 6) is 0.121. The highest BCUT2D eigenvalue weighted by atomic mass is 31.1. The van der Waals surface area contributed by atoms with Gasteiger partial charge in [0.25, 0.3) is 0 Å². The highest BCUT2D eigenvalue weighted by molar-refractivity contribution is 7.16. The van der Waals surface area contributed by atoms with Crippen molar-refractivity contribution in [1.82, 2.24) is 0 Å². The summed E-state index contributed by atoms with van der Waals surface area (Å²) in [5.41, 5.74) is 5.97. The van der Waals surface area contributed by atoms with Gasteiger partial charge in [-0.15, -0.1) is 0 Å². The molecule has 4 N–H and O–H groups in total. The summed E-state index contributed by atoms with van der Waals surface area (Å²) in [7, 11) is -1.50. The van der Waals surface area contributed by atoms with Gasteiger partial charge in [-0.1, -0.05) is 30.3 Å². The maximum Gasteiger partial charge on any atom is 0.177 e. The molecule has 0 aliphatic carbocycles. The molecule has 5 heteroatoms. The largest absolute Gasteiger partial charge is 0.384 e. The molecule has 12 heavy (non-hydrogen) atoms. The van der Waals surface area contributed by atoms with E-state index in [4.69, 9.17) is 20.6 Å². The summed E-state index contributed by atoms with van der Waals surface area (Å²) in [5, 5.41) is 7.01. The Bertz CT molecular complexity index is 251. The third kappa shape index (κ3) is 4.66. The molecule has 66 valence electrons. The van der Waals surface area contributed by atoms with Gasteiger partial charge in [-0.2, -0.15) is 0 Å². The molecule has 0 heterocycles. The Labute approximate surface area is 71.8 Å². The number of amidine groups is 1. The van der Waals surface area contributed by atoms with Gasteiger partial charge in [-0.3, -0.25) is 9.97 Å². The smallest absolute Gasteiger partial charge is 0.177 e. The molecular formula is C7H11N2O2P. The molecule has 0 bridgehead atoms. The van der Waals surface area contributed by atoms with Crippen LogP contribution in [0.25, 0.3) is 0 Å². The zero-order valence-electron chi connectivity index (χ0n) is 6.40. The molecule has 0 aliphatic heterocycles. The number of hydrogen-bond donors (Lipinski definition) is 3. The van der Waals surface area contributed by atoms with Gasteiger partial charge >= 0.3 is 0 Å². The average molecular weight is 186 g/mol. The molecule has 0 saturated heterocycles. The first-order valence-corrected chi connectivity index (χ1v) is 4.18.